The van der Waals surface area contributed by atoms with Crippen molar-refractivity contribution in [2.45, 2.75) is 0 Å². The molecule has 1 N–H and O–H groups in total. The van der Waals surface area contributed by atoms with Crippen molar-refractivity contribution >= 4 is 28.8 Å². The van der Waals surface area contributed by atoms with Crippen molar-refractivity contribution < 1.29 is 23.5 Å². The Morgan fingerprint density at radius 1 is 0.806 bits per heavy atom. The van der Waals surface area contributed by atoms with Crippen LogP contribution in [0.1, 0.15) is 5.56 Å². The molecule has 0 aliphatic carbocycles. The number of para-hydroxylation sites is 1. The highest BCUT2D eigenvalue weighted by molar-refractivity contribution is 6.46. The highest BCUT2D eigenvalue weighted by Gasteiger charge is 2.40. The van der Waals surface area contributed by atoms with E-state index in [9.17, 15) is 14.0 Å². The van der Waals surface area contributed by atoms with Gasteiger partial charge in [-0.25, -0.2) is 9.29 Å². The molecular formula is C24H19FN2O4. The Balaban J connectivity index is 1.81. The molecular weight excluding hydrogens is 399 g/mol. The van der Waals surface area contributed by atoms with Gasteiger partial charge in [0, 0.05) is 11.8 Å². The van der Waals surface area contributed by atoms with E-state index < -0.39 is 17.6 Å². The summed E-state index contributed by atoms with van der Waals surface area (Å²) in [6, 6.07) is 19.3. The van der Waals surface area contributed by atoms with Gasteiger partial charge in [0.05, 0.1) is 25.5 Å². The fourth-order valence-corrected chi connectivity index (χ4v) is 3.39. The van der Waals surface area contributed by atoms with Gasteiger partial charge in [-0.3, -0.25) is 9.59 Å². The van der Waals surface area contributed by atoms with Crippen LogP contribution in [0.3, 0.4) is 0 Å². The molecule has 4 rings (SSSR count). The summed E-state index contributed by atoms with van der Waals surface area (Å²) in [5, 5.41) is 3.05. The van der Waals surface area contributed by atoms with Crippen LogP contribution in [0.2, 0.25) is 0 Å². The van der Waals surface area contributed by atoms with Crippen molar-refractivity contribution in [3.8, 4) is 11.5 Å². The average molecular weight is 418 g/mol. The highest BCUT2D eigenvalue weighted by Crippen LogP contribution is 2.37. The van der Waals surface area contributed by atoms with E-state index >= 15 is 0 Å². The van der Waals surface area contributed by atoms with Crippen LogP contribution in [0, 0.1) is 5.82 Å². The molecule has 0 fully saturated rings. The number of carbonyl (C=O) groups is 2. The van der Waals surface area contributed by atoms with Crippen LogP contribution in [0.25, 0.3) is 5.57 Å². The summed E-state index contributed by atoms with van der Waals surface area (Å²) in [5.41, 5.74) is 1.67. The van der Waals surface area contributed by atoms with Crippen molar-refractivity contribution in [2.24, 2.45) is 0 Å². The predicted molar refractivity (Wildman–Crippen MR) is 115 cm³/mol. The molecule has 31 heavy (non-hydrogen) atoms. The maximum Gasteiger partial charge on any atom is 0.282 e. The molecule has 7 heteroatoms. The van der Waals surface area contributed by atoms with Gasteiger partial charge < -0.3 is 14.8 Å². The molecule has 0 bridgehead atoms. The lowest BCUT2D eigenvalue weighted by Gasteiger charge is -2.17. The number of hydrogen-bond donors (Lipinski definition) is 1. The van der Waals surface area contributed by atoms with Crippen molar-refractivity contribution in [3.05, 3.63) is 89.9 Å². The minimum atomic E-state index is -0.527. The van der Waals surface area contributed by atoms with E-state index in [1.807, 2.05) is 18.2 Å². The second-order valence-corrected chi connectivity index (χ2v) is 6.73. The molecule has 0 atom stereocenters. The Kier molecular flexibility index (Phi) is 5.41. The predicted octanol–water partition coefficient (Wildman–Crippen LogP) is 4.24. The van der Waals surface area contributed by atoms with Crippen LogP contribution in [-0.4, -0.2) is 26.0 Å². The summed E-state index contributed by atoms with van der Waals surface area (Å²) in [4.78, 5) is 27.8. The van der Waals surface area contributed by atoms with E-state index in [0.717, 1.165) is 4.90 Å². The van der Waals surface area contributed by atoms with Crippen LogP contribution in [0.15, 0.2) is 78.5 Å². The smallest absolute Gasteiger partial charge is 0.282 e. The number of anilines is 2. The summed E-state index contributed by atoms with van der Waals surface area (Å²) in [6.07, 6.45) is 0. The normalized spacial score (nSPS) is 13.6. The van der Waals surface area contributed by atoms with Crippen LogP contribution in [-0.2, 0) is 9.59 Å². The number of hydrogen-bond acceptors (Lipinski definition) is 5. The largest absolute Gasteiger partial charge is 0.493 e. The first-order valence-corrected chi connectivity index (χ1v) is 9.46. The number of nitrogens with zero attached hydrogens (tertiary/aromatic N) is 1. The van der Waals surface area contributed by atoms with Gasteiger partial charge in [-0.15, -0.1) is 0 Å². The molecule has 3 aromatic rings. The first kappa shape index (κ1) is 20.2. The summed E-state index contributed by atoms with van der Waals surface area (Å²) >= 11 is 0. The standard InChI is InChI=1S/C24H19FN2O4/c1-30-19-13-12-18(14-20(19)31-2)27-23(28)21(15-8-10-16(25)11-9-15)22(24(27)29)26-17-6-4-3-5-7-17/h3-14,26H,1-2H3. The molecule has 0 radical (unpaired) electrons. The van der Waals surface area contributed by atoms with Gasteiger partial charge >= 0.3 is 0 Å². The van der Waals surface area contributed by atoms with Crippen molar-refractivity contribution in [1.82, 2.24) is 0 Å². The molecule has 1 aliphatic heterocycles. The van der Waals surface area contributed by atoms with E-state index in [1.165, 1.54) is 38.5 Å². The fraction of sp³-hybridized carbons (Fsp3) is 0.0833. The number of nitrogens with one attached hydrogen (secondary N) is 1. The molecule has 1 aliphatic rings. The molecule has 2 amide bonds. The van der Waals surface area contributed by atoms with Crippen molar-refractivity contribution in [3.63, 3.8) is 0 Å². The third-order valence-corrected chi connectivity index (χ3v) is 4.89. The van der Waals surface area contributed by atoms with Crippen LogP contribution in [0.5, 0.6) is 11.5 Å². The molecule has 0 aromatic heterocycles. The Morgan fingerprint density at radius 2 is 1.48 bits per heavy atom. The first-order chi connectivity index (χ1) is 15.0. The maximum absolute atomic E-state index is 13.5. The highest BCUT2D eigenvalue weighted by atomic mass is 19.1. The number of benzene rings is 3. The lowest BCUT2D eigenvalue weighted by Crippen LogP contribution is -2.32. The van der Waals surface area contributed by atoms with Gasteiger partial charge in [0.2, 0.25) is 0 Å². The quantitative estimate of drug-likeness (QED) is 0.607. The Hall–Kier alpha value is -4.13. The Morgan fingerprint density at radius 3 is 2.13 bits per heavy atom. The number of imide groups is 1. The second-order valence-electron chi connectivity index (χ2n) is 6.73. The molecule has 0 saturated carbocycles. The van der Waals surface area contributed by atoms with Crippen molar-refractivity contribution in [1.29, 1.82) is 0 Å². The third-order valence-electron chi connectivity index (χ3n) is 4.89. The number of ether oxygens (including phenoxy) is 2. The number of amides is 2. The Bertz CT molecular complexity index is 1170. The second kappa shape index (κ2) is 8.31. The lowest BCUT2D eigenvalue weighted by atomic mass is 10.0. The monoisotopic (exact) mass is 418 g/mol. The molecule has 0 unspecified atom stereocenters. The SMILES string of the molecule is COc1ccc(N2C(=O)C(Nc3ccccc3)=C(c3ccc(F)cc3)C2=O)cc1OC. The molecule has 6 nitrogen and oxygen atoms in total. The zero-order valence-corrected chi connectivity index (χ0v) is 16.9. The van der Waals surface area contributed by atoms with Gasteiger partial charge in [-0.1, -0.05) is 30.3 Å². The summed E-state index contributed by atoms with van der Waals surface area (Å²) in [5.74, 6) is -0.633. The summed E-state index contributed by atoms with van der Waals surface area (Å²) in [6.45, 7) is 0. The van der Waals surface area contributed by atoms with Crippen LogP contribution in [0.4, 0.5) is 15.8 Å². The van der Waals surface area contributed by atoms with Gasteiger partial charge in [0.15, 0.2) is 11.5 Å². The number of rotatable bonds is 6. The van der Waals surface area contributed by atoms with Gasteiger partial charge in [0.1, 0.15) is 11.5 Å². The van der Waals surface area contributed by atoms with E-state index in [0.29, 0.717) is 28.4 Å². The van der Waals surface area contributed by atoms with Crippen LogP contribution < -0.4 is 19.7 Å². The molecule has 1 heterocycles. The molecule has 3 aromatic carbocycles. The maximum atomic E-state index is 13.5. The topological polar surface area (TPSA) is 67.9 Å². The molecule has 0 saturated heterocycles. The number of methoxy groups -OCH3 is 2. The van der Waals surface area contributed by atoms with Crippen LogP contribution >= 0.6 is 0 Å². The zero-order chi connectivity index (χ0) is 22.0. The van der Waals surface area contributed by atoms with Gasteiger partial charge in [-0.05, 0) is 42.0 Å². The van der Waals surface area contributed by atoms with Gasteiger partial charge in [0.25, 0.3) is 11.8 Å². The van der Waals surface area contributed by atoms with Gasteiger partial charge in [-0.2, -0.15) is 0 Å². The van der Waals surface area contributed by atoms with E-state index in [2.05, 4.69) is 5.32 Å². The average Bonchev–Trinajstić information content (AvgIpc) is 3.04. The Labute approximate surface area is 178 Å². The minimum Gasteiger partial charge on any atom is -0.493 e. The number of carbonyl (C=O) groups excluding carboxylic acids is 2. The minimum absolute atomic E-state index is 0.109. The van der Waals surface area contributed by atoms with E-state index in [4.69, 9.17) is 9.47 Å². The third kappa shape index (κ3) is 3.73. The summed E-state index contributed by atoms with van der Waals surface area (Å²) < 4.78 is 24.0. The fourth-order valence-electron chi connectivity index (χ4n) is 3.39. The number of halogens is 1. The van der Waals surface area contributed by atoms with E-state index in [-0.39, 0.29) is 11.3 Å². The zero-order valence-electron chi connectivity index (χ0n) is 16.9. The first-order valence-electron chi connectivity index (χ1n) is 9.46. The van der Waals surface area contributed by atoms with Crippen molar-refractivity contribution in [2.75, 3.05) is 24.4 Å². The lowest BCUT2D eigenvalue weighted by molar-refractivity contribution is -0.120. The summed E-state index contributed by atoms with van der Waals surface area (Å²) in [7, 11) is 2.97. The van der Waals surface area contributed by atoms with E-state index in [1.54, 1.807) is 30.3 Å². The molecule has 156 valence electrons. The molecule has 0 spiro atoms.